The Balaban J connectivity index is 1.41. The maximum atomic E-state index is 13.8. The summed E-state index contributed by atoms with van der Waals surface area (Å²) < 4.78 is 13.6. The first-order valence-electron chi connectivity index (χ1n) is 12.9. The van der Waals surface area contributed by atoms with Crippen LogP contribution in [0.3, 0.4) is 0 Å². The summed E-state index contributed by atoms with van der Waals surface area (Å²) in [6.07, 6.45) is 17.6. The van der Waals surface area contributed by atoms with Gasteiger partial charge in [0.15, 0.2) is 17.7 Å². The van der Waals surface area contributed by atoms with Gasteiger partial charge in [-0.25, -0.2) is 0 Å². The highest BCUT2D eigenvalue weighted by Gasteiger charge is 2.78. The third-order valence-electron chi connectivity index (χ3n) is 8.43. The highest BCUT2D eigenvalue weighted by Crippen LogP contribution is 2.67. The Bertz CT molecular complexity index is 1170. The standard InChI is InChI=1S/C32H32O3/c1-30-22-11-23-31(30)34-29(28(30)33)32(35-31)26(18-8-16-24-12-4-2-5-13-24)20-10-21-27(32)19-9-17-25-14-6-3-7-15-25/h2-9,12-19,29H,10-11,20-23H2,1H3/b16-8+,17-9+,26-18+,27-19+/t29-,30+,31-/m1/s1. The zero-order valence-corrected chi connectivity index (χ0v) is 20.3. The van der Waals surface area contributed by atoms with Crippen molar-refractivity contribution in [2.45, 2.75) is 62.9 Å². The number of rotatable bonds is 4. The lowest BCUT2D eigenvalue weighted by atomic mass is 9.66. The molecule has 2 aliphatic heterocycles. The quantitative estimate of drug-likeness (QED) is 0.485. The number of ketones is 1. The molecule has 2 aliphatic carbocycles. The lowest BCUT2D eigenvalue weighted by Gasteiger charge is -2.47. The van der Waals surface area contributed by atoms with E-state index in [-0.39, 0.29) is 5.78 Å². The smallest absolute Gasteiger partial charge is 0.183 e. The van der Waals surface area contributed by atoms with Gasteiger partial charge in [0, 0.05) is 6.42 Å². The minimum Gasteiger partial charge on any atom is -0.334 e. The second-order valence-corrected chi connectivity index (χ2v) is 10.4. The second-order valence-electron chi connectivity index (χ2n) is 10.4. The molecule has 4 fully saturated rings. The summed E-state index contributed by atoms with van der Waals surface area (Å²) in [6.45, 7) is 2.05. The van der Waals surface area contributed by atoms with Crippen molar-refractivity contribution in [2.24, 2.45) is 5.41 Å². The molecular formula is C32H32O3. The van der Waals surface area contributed by atoms with Crippen LogP contribution in [0.5, 0.6) is 0 Å². The van der Waals surface area contributed by atoms with Gasteiger partial charge in [-0.05, 0) is 61.3 Å². The van der Waals surface area contributed by atoms with Gasteiger partial charge >= 0.3 is 0 Å². The van der Waals surface area contributed by atoms with Crippen LogP contribution in [-0.2, 0) is 14.3 Å². The predicted octanol–water partition coefficient (Wildman–Crippen LogP) is 7.07. The lowest BCUT2D eigenvalue weighted by molar-refractivity contribution is -0.213. The number of fused-ring (bicyclic) bond motifs is 2. The van der Waals surface area contributed by atoms with E-state index in [9.17, 15) is 4.79 Å². The largest absolute Gasteiger partial charge is 0.334 e. The average Bonchev–Trinajstić information content (AvgIpc) is 3.47. The maximum absolute atomic E-state index is 13.8. The van der Waals surface area contributed by atoms with Crippen LogP contribution in [-0.4, -0.2) is 23.3 Å². The second kappa shape index (κ2) is 8.58. The van der Waals surface area contributed by atoms with Gasteiger partial charge in [-0.15, -0.1) is 0 Å². The van der Waals surface area contributed by atoms with Crippen molar-refractivity contribution in [3.8, 4) is 0 Å². The first kappa shape index (κ1) is 22.5. The third-order valence-corrected chi connectivity index (χ3v) is 8.43. The molecule has 2 aromatic carbocycles. The maximum Gasteiger partial charge on any atom is 0.183 e. The molecule has 2 aromatic rings. The molecule has 0 radical (unpaired) electrons. The number of hydrogen-bond donors (Lipinski definition) is 0. The van der Waals surface area contributed by atoms with E-state index >= 15 is 0 Å². The van der Waals surface area contributed by atoms with Gasteiger partial charge in [0.1, 0.15) is 5.60 Å². The van der Waals surface area contributed by atoms with Crippen LogP contribution in [0.2, 0.25) is 0 Å². The molecule has 3 heteroatoms. The van der Waals surface area contributed by atoms with E-state index in [1.54, 1.807) is 0 Å². The molecule has 2 saturated heterocycles. The van der Waals surface area contributed by atoms with E-state index in [2.05, 4.69) is 67.6 Å². The lowest BCUT2D eigenvalue weighted by Crippen LogP contribution is -2.59. The molecule has 2 spiro atoms. The zero-order valence-electron chi connectivity index (χ0n) is 20.3. The van der Waals surface area contributed by atoms with Gasteiger partial charge in [0.2, 0.25) is 0 Å². The Hall–Kier alpha value is -3.01. The van der Waals surface area contributed by atoms with E-state index < -0.39 is 22.9 Å². The van der Waals surface area contributed by atoms with Crippen molar-refractivity contribution in [2.75, 3.05) is 0 Å². The summed E-state index contributed by atoms with van der Waals surface area (Å²) in [5, 5.41) is 0. The molecule has 0 aromatic heterocycles. The Labute approximate surface area is 207 Å². The minimum atomic E-state index is -0.804. The predicted molar refractivity (Wildman–Crippen MR) is 139 cm³/mol. The zero-order chi connectivity index (χ0) is 23.9. The van der Waals surface area contributed by atoms with E-state index in [1.165, 1.54) is 0 Å². The van der Waals surface area contributed by atoms with Gasteiger partial charge in [-0.2, -0.15) is 0 Å². The number of carbonyl (C=O) groups is 1. The van der Waals surface area contributed by atoms with E-state index in [4.69, 9.17) is 9.47 Å². The van der Waals surface area contributed by atoms with Crippen LogP contribution < -0.4 is 0 Å². The third kappa shape index (κ3) is 3.44. The van der Waals surface area contributed by atoms with Crippen LogP contribution in [0.4, 0.5) is 0 Å². The fourth-order valence-electron chi connectivity index (χ4n) is 6.55. The fourth-order valence-corrected chi connectivity index (χ4v) is 6.55. The number of ether oxygens (including phenoxy) is 2. The number of benzene rings is 2. The van der Waals surface area contributed by atoms with Crippen molar-refractivity contribution < 1.29 is 14.3 Å². The number of hydrogen-bond acceptors (Lipinski definition) is 3. The topological polar surface area (TPSA) is 35.5 Å². The summed E-state index contributed by atoms with van der Waals surface area (Å²) in [5.74, 6) is -0.574. The Kier molecular flexibility index (Phi) is 5.51. The first-order valence-corrected chi connectivity index (χ1v) is 12.9. The summed E-state index contributed by atoms with van der Waals surface area (Å²) in [4.78, 5) is 13.8. The molecule has 0 N–H and O–H groups in total. The van der Waals surface area contributed by atoms with E-state index in [0.29, 0.717) is 0 Å². The van der Waals surface area contributed by atoms with Gasteiger partial charge in [0.25, 0.3) is 0 Å². The van der Waals surface area contributed by atoms with Crippen molar-refractivity contribution in [3.05, 3.63) is 107 Å². The van der Waals surface area contributed by atoms with Gasteiger partial charge < -0.3 is 9.47 Å². The first-order chi connectivity index (χ1) is 17.1. The summed E-state index contributed by atoms with van der Waals surface area (Å²) in [7, 11) is 0. The number of allylic oxidation sites excluding steroid dienone is 4. The molecule has 178 valence electrons. The molecule has 6 rings (SSSR count). The Morgan fingerprint density at radius 1 is 0.800 bits per heavy atom. The molecule has 35 heavy (non-hydrogen) atoms. The molecule has 2 heterocycles. The van der Waals surface area contributed by atoms with Crippen LogP contribution in [0.1, 0.15) is 56.6 Å². The Morgan fingerprint density at radius 3 is 1.94 bits per heavy atom. The van der Waals surface area contributed by atoms with Gasteiger partial charge in [0.05, 0.1) is 5.41 Å². The van der Waals surface area contributed by atoms with Crippen molar-refractivity contribution in [1.82, 2.24) is 0 Å². The van der Waals surface area contributed by atoms with Crippen molar-refractivity contribution in [1.29, 1.82) is 0 Å². The molecule has 3 nitrogen and oxygen atoms in total. The highest BCUT2D eigenvalue weighted by atomic mass is 16.8. The van der Waals surface area contributed by atoms with Gasteiger partial charge in [-0.3, -0.25) is 4.79 Å². The summed E-state index contributed by atoms with van der Waals surface area (Å²) in [5.41, 5.74) is 3.27. The summed E-state index contributed by atoms with van der Waals surface area (Å²) >= 11 is 0. The Morgan fingerprint density at radius 2 is 1.37 bits per heavy atom. The monoisotopic (exact) mass is 464 g/mol. The van der Waals surface area contributed by atoms with Crippen LogP contribution >= 0.6 is 0 Å². The molecule has 0 amide bonds. The van der Waals surface area contributed by atoms with E-state index in [0.717, 1.165) is 60.8 Å². The van der Waals surface area contributed by atoms with Crippen LogP contribution in [0.15, 0.2) is 96.1 Å². The van der Waals surface area contributed by atoms with Crippen molar-refractivity contribution >= 4 is 17.9 Å². The molecule has 4 aliphatic rings. The summed E-state index contributed by atoms with van der Waals surface area (Å²) in [6, 6.07) is 20.6. The molecule has 2 saturated carbocycles. The number of carbonyl (C=O) groups excluding carboxylic acids is 1. The normalized spacial score (nSPS) is 36.4. The number of Topliss-reactive ketones (excluding diaryl/α,β-unsaturated/α-hetero) is 1. The average molecular weight is 465 g/mol. The SMILES string of the molecule is C[C@@]12CCC[C@]13O[C@H](C2=O)C1(O3)/C(=C/C=C/c2ccccc2)CCC/C1=C\C=C\c1ccccc1. The molecular weight excluding hydrogens is 432 g/mol. The molecule has 3 atom stereocenters. The van der Waals surface area contributed by atoms with E-state index in [1.807, 2.05) is 36.4 Å². The van der Waals surface area contributed by atoms with Gasteiger partial charge in [-0.1, -0.05) is 97.1 Å². The molecule has 2 bridgehead atoms. The fraction of sp³-hybridized carbons (Fsp3) is 0.344. The van der Waals surface area contributed by atoms with Crippen LogP contribution in [0, 0.1) is 5.41 Å². The van der Waals surface area contributed by atoms with Crippen molar-refractivity contribution in [3.63, 3.8) is 0 Å². The van der Waals surface area contributed by atoms with Crippen LogP contribution in [0.25, 0.3) is 12.2 Å². The highest BCUT2D eigenvalue weighted by molar-refractivity contribution is 5.95. The minimum absolute atomic E-state index is 0.221. The molecule has 0 unspecified atom stereocenters.